The summed E-state index contributed by atoms with van der Waals surface area (Å²) in [5.74, 6) is -0.0978. The van der Waals surface area contributed by atoms with Gasteiger partial charge in [0.1, 0.15) is 68.1 Å². The van der Waals surface area contributed by atoms with E-state index in [1.54, 1.807) is 18.2 Å². The third-order valence-corrected chi connectivity index (χ3v) is 12.3. The maximum Gasteiger partial charge on any atom is 0.417 e. The lowest BCUT2D eigenvalue weighted by Gasteiger charge is -2.53. The van der Waals surface area contributed by atoms with Crippen LogP contribution in [0.4, 0.5) is 13.2 Å². The van der Waals surface area contributed by atoms with Crippen molar-refractivity contribution in [1.82, 2.24) is 4.72 Å². The van der Waals surface area contributed by atoms with E-state index < -0.39 is 47.0 Å². The number of hydrogen-bond acceptors (Lipinski definition) is 8. The Morgan fingerprint density at radius 2 is 1.74 bits per heavy atom. The van der Waals surface area contributed by atoms with Crippen molar-refractivity contribution >= 4 is 39.0 Å². The molecule has 3 aromatic rings. The van der Waals surface area contributed by atoms with Gasteiger partial charge in [0.15, 0.2) is 7.60 Å². The molecule has 3 aliphatic rings. The second-order valence-electron chi connectivity index (χ2n) is 11.0. The van der Waals surface area contributed by atoms with Crippen molar-refractivity contribution in [2.45, 2.75) is 10.4 Å². The predicted molar refractivity (Wildman–Crippen MR) is 147 cm³/mol. The molecule has 0 radical (unpaired) electrons. The fourth-order valence-corrected chi connectivity index (χ4v) is 9.18. The number of thiophene rings is 1. The molecule has 3 aliphatic heterocycles. The summed E-state index contributed by atoms with van der Waals surface area (Å²) in [6.07, 6.45) is -6.12. The van der Waals surface area contributed by atoms with Crippen molar-refractivity contribution in [1.29, 1.82) is 5.26 Å². The number of nitrogens with one attached hydrogen (secondary N) is 1. The Hall–Kier alpha value is -2.70. The van der Waals surface area contributed by atoms with Gasteiger partial charge in [0, 0.05) is 4.70 Å². The standard InChI is InChI=1S/C26H29F3N4O6PS2/c1-32-6-9-33(10-7-32,11-8-32)12-13-38-21-4-5-24-20(14-21)15-25(41-24)42(36,37)31-18-40(34,35)39-22-3-2-19(17-30)23(16-22)26(27,28)29/h2-5,14-16,31H,6-13,18H2,1H3/q+1. The zero-order chi connectivity index (χ0) is 30.4. The highest BCUT2D eigenvalue weighted by Gasteiger charge is 2.46. The molecule has 0 spiro atoms. The molecule has 2 aromatic carbocycles. The smallest absolute Gasteiger partial charge is 0.417 e. The molecule has 0 aliphatic carbocycles. The molecule has 1 atom stereocenters. The number of ether oxygens (including phenoxy) is 1. The van der Waals surface area contributed by atoms with Crippen molar-refractivity contribution in [3.8, 4) is 17.6 Å². The molecule has 1 aromatic heterocycles. The molecule has 0 amide bonds. The molecular weight excluding hydrogens is 616 g/mol. The van der Waals surface area contributed by atoms with E-state index in [1.165, 1.54) is 31.8 Å². The predicted octanol–water partition coefficient (Wildman–Crippen LogP) is 3.33. The number of benzene rings is 2. The number of nitrogens with zero attached hydrogens (tertiary/aromatic N) is 3. The lowest BCUT2D eigenvalue weighted by molar-refractivity contribution is -1.07. The minimum absolute atomic E-state index is 0.145. The Labute approximate surface area is 245 Å². The topological polar surface area (TPSA) is 129 Å². The highest BCUT2D eigenvalue weighted by Crippen LogP contribution is 2.41. The van der Waals surface area contributed by atoms with Gasteiger partial charge in [-0.1, -0.05) is 0 Å². The normalized spacial score (nSPS) is 23.8. The first-order chi connectivity index (χ1) is 19.6. The summed E-state index contributed by atoms with van der Waals surface area (Å²) in [7, 11) is -7.00. The molecule has 0 saturated carbocycles. The van der Waals surface area contributed by atoms with E-state index in [0.29, 0.717) is 28.5 Å². The molecule has 1 N–H and O–H groups in total. The van der Waals surface area contributed by atoms with Crippen molar-refractivity contribution < 1.29 is 49.3 Å². The van der Waals surface area contributed by atoms with E-state index in [0.717, 1.165) is 58.6 Å². The quantitative estimate of drug-likeness (QED) is 0.265. The van der Waals surface area contributed by atoms with Gasteiger partial charge >= 0.3 is 6.18 Å². The summed E-state index contributed by atoms with van der Waals surface area (Å²) in [6, 6.07) is 10.0. The van der Waals surface area contributed by atoms with Gasteiger partial charge in [-0.2, -0.15) is 18.4 Å². The second-order valence-corrected chi connectivity index (χ2v) is 15.8. The van der Waals surface area contributed by atoms with E-state index in [-0.39, 0.29) is 4.21 Å². The highest BCUT2D eigenvalue weighted by atomic mass is 32.2. The largest absolute Gasteiger partial charge is 0.768 e. The molecule has 3 fully saturated rings. The summed E-state index contributed by atoms with van der Waals surface area (Å²) in [5, 5.41) is 9.48. The SMILES string of the molecule is C[N+]12CC[N+](CCOc3ccc4sc(S(=O)(=O)NCP(=O)([O-])Oc5ccc(C#N)c(C(F)(F)F)c5)cc4c3)(CC1)CC2. The summed E-state index contributed by atoms with van der Waals surface area (Å²) in [4.78, 5) is 12.4. The van der Waals surface area contributed by atoms with Gasteiger partial charge < -0.3 is 23.1 Å². The van der Waals surface area contributed by atoms with Crippen molar-refractivity contribution in [2.75, 3.05) is 65.8 Å². The molecule has 2 bridgehead atoms. The molecular formula is C26H29F3N4O6PS2+. The number of quaternary nitrogens is 2. The number of sulfonamides is 1. The fraction of sp³-hybridized carbons (Fsp3) is 0.423. The fourth-order valence-electron chi connectivity index (χ4n) is 5.28. The number of alkyl halides is 3. The lowest BCUT2D eigenvalue weighted by Crippen LogP contribution is -2.74. The van der Waals surface area contributed by atoms with Crippen LogP contribution in [0.25, 0.3) is 10.1 Å². The zero-order valence-corrected chi connectivity index (χ0v) is 25.1. The summed E-state index contributed by atoms with van der Waals surface area (Å²) in [6.45, 7) is 8.39. The van der Waals surface area contributed by atoms with E-state index in [2.05, 4.69) is 7.05 Å². The second kappa shape index (κ2) is 11.1. The van der Waals surface area contributed by atoms with Crippen molar-refractivity contribution in [3.63, 3.8) is 0 Å². The average Bonchev–Trinajstić information content (AvgIpc) is 3.37. The summed E-state index contributed by atoms with van der Waals surface area (Å²) < 4.78 is 93.0. The Morgan fingerprint density at radius 3 is 2.38 bits per heavy atom. The first-order valence-electron chi connectivity index (χ1n) is 13.1. The van der Waals surface area contributed by atoms with Gasteiger partial charge in [0.2, 0.25) is 0 Å². The first-order valence-corrected chi connectivity index (χ1v) is 17.1. The van der Waals surface area contributed by atoms with E-state index in [9.17, 15) is 31.0 Å². The van der Waals surface area contributed by atoms with E-state index >= 15 is 0 Å². The first kappa shape index (κ1) is 30.7. The molecule has 226 valence electrons. The Morgan fingerprint density at radius 1 is 1.07 bits per heavy atom. The van der Waals surface area contributed by atoms with E-state index in [4.69, 9.17) is 14.5 Å². The molecule has 16 heteroatoms. The van der Waals surface area contributed by atoms with Crippen LogP contribution in [0.1, 0.15) is 11.1 Å². The number of hydrogen-bond donors (Lipinski definition) is 1. The van der Waals surface area contributed by atoms with Gasteiger partial charge in [-0.25, -0.2) is 13.1 Å². The summed E-state index contributed by atoms with van der Waals surface area (Å²) >= 11 is 0.932. The molecule has 3 saturated heterocycles. The highest BCUT2D eigenvalue weighted by molar-refractivity contribution is 7.92. The molecule has 1 unspecified atom stereocenters. The molecule has 6 rings (SSSR count). The van der Waals surface area contributed by atoms with Gasteiger partial charge in [-0.3, -0.25) is 4.57 Å². The van der Waals surface area contributed by atoms with Crippen LogP contribution in [-0.4, -0.2) is 83.1 Å². The number of fused-ring (bicyclic) bond motifs is 4. The zero-order valence-electron chi connectivity index (χ0n) is 22.6. The number of halogens is 3. The lowest BCUT2D eigenvalue weighted by atomic mass is 10.1. The Kier molecular flexibility index (Phi) is 8.12. The number of likely N-dealkylation sites (N-methyl/N-ethyl adjacent to an activating group) is 1. The Balaban J connectivity index is 1.20. The van der Waals surface area contributed by atoms with Gasteiger partial charge in [-0.15, -0.1) is 11.3 Å². The van der Waals surface area contributed by atoms with Crippen LogP contribution in [-0.2, 0) is 20.8 Å². The van der Waals surface area contributed by atoms with Crippen LogP contribution in [0, 0.1) is 11.3 Å². The van der Waals surface area contributed by atoms with Crippen LogP contribution in [0.3, 0.4) is 0 Å². The van der Waals surface area contributed by atoms with Crippen LogP contribution in [0.2, 0.25) is 0 Å². The maximum atomic E-state index is 13.2. The number of nitriles is 1. The van der Waals surface area contributed by atoms with Crippen LogP contribution in [0.5, 0.6) is 11.5 Å². The minimum atomic E-state index is -5.01. The van der Waals surface area contributed by atoms with Gasteiger partial charge in [-0.05, 0) is 47.9 Å². The Bertz CT molecular complexity index is 1680. The number of piperazine rings is 3. The maximum absolute atomic E-state index is 13.2. The van der Waals surface area contributed by atoms with Crippen LogP contribution in [0.15, 0.2) is 46.7 Å². The summed E-state index contributed by atoms with van der Waals surface area (Å²) in [5.41, 5.74) is -2.08. The third-order valence-electron chi connectivity index (χ3n) is 8.02. The molecule has 42 heavy (non-hydrogen) atoms. The molecule has 10 nitrogen and oxygen atoms in total. The van der Waals surface area contributed by atoms with Crippen LogP contribution < -0.4 is 18.9 Å². The van der Waals surface area contributed by atoms with Crippen molar-refractivity contribution in [3.05, 3.63) is 53.6 Å². The van der Waals surface area contributed by atoms with Gasteiger partial charge in [0.05, 0.1) is 30.5 Å². The molecule has 4 heterocycles. The van der Waals surface area contributed by atoms with E-state index in [1.807, 2.05) is 4.72 Å². The monoisotopic (exact) mass is 645 g/mol. The minimum Gasteiger partial charge on any atom is -0.768 e. The van der Waals surface area contributed by atoms with Crippen molar-refractivity contribution in [2.24, 2.45) is 0 Å². The van der Waals surface area contributed by atoms with Gasteiger partial charge in [0.25, 0.3) is 10.0 Å². The van der Waals surface area contributed by atoms with Crippen LogP contribution >= 0.6 is 18.9 Å². The number of rotatable bonds is 10. The average molecular weight is 646 g/mol. The third kappa shape index (κ3) is 6.75.